The van der Waals surface area contributed by atoms with E-state index < -0.39 is 0 Å². The van der Waals surface area contributed by atoms with Crippen molar-refractivity contribution in [2.45, 2.75) is 45.1 Å². The first-order chi connectivity index (χ1) is 10.8. The number of pyridine rings is 1. The smallest absolute Gasteiger partial charge is 0.220 e. The number of hydrogen-bond acceptors (Lipinski definition) is 3. The van der Waals surface area contributed by atoms with Crippen LogP contribution in [0.4, 0.5) is 0 Å². The van der Waals surface area contributed by atoms with Crippen molar-refractivity contribution in [2.24, 2.45) is 5.92 Å². The normalized spacial score (nSPS) is 15.6. The number of nitrogens with zero attached hydrogens (tertiary/aromatic N) is 1. The Bertz CT molecular complexity index is 603. The quantitative estimate of drug-likeness (QED) is 0.889. The molecule has 3 nitrogen and oxygen atoms in total. The van der Waals surface area contributed by atoms with E-state index in [2.05, 4.69) is 33.2 Å². The second kappa shape index (κ2) is 7.54. The van der Waals surface area contributed by atoms with Gasteiger partial charge in [-0.3, -0.25) is 9.78 Å². The van der Waals surface area contributed by atoms with Gasteiger partial charge in [0.1, 0.15) is 0 Å². The maximum atomic E-state index is 12.1. The minimum absolute atomic E-state index is 0.181. The fraction of sp³-hybridized carbons (Fsp3) is 0.444. The van der Waals surface area contributed by atoms with E-state index >= 15 is 0 Å². The van der Waals surface area contributed by atoms with E-state index in [4.69, 9.17) is 0 Å². The highest BCUT2D eigenvalue weighted by Gasteiger charge is 2.16. The van der Waals surface area contributed by atoms with Crippen LogP contribution in [0, 0.1) is 5.92 Å². The molecule has 1 amide bonds. The van der Waals surface area contributed by atoms with Gasteiger partial charge in [0.05, 0.1) is 5.69 Å². The Labute approximate surface area is 135 Å². The van der Waals surface area contributed by atoms with Crippen LogP contribution in [0.3, 0.4) is 0 Å². The highest BCUT2D eigenvalue weighted by atomic mass is 32.1. The first kappa shape index (κ1) is 15.2. The van der Waals surface area contributed by atoms with E-state index in [1.807, 2.05) is 12.3 Å². The number of carbonyl (C=O) groups excluding carboxylic acids is 1. The lowest BCUT2D eigenvalue weighted by molar-refractivity contribution is -0.122. The summed E-state index contributed by atoms with van der Waals surface area (Å²) >= 11 is 1.67. The Hall–Kier alpha value is -1.68. The molecule has 0 bridgehead atoms. The van der Waals surface area contributed by atoms with Crippen molar-refractivity contribution in [3.8, 4) is 11.3 Å². The summed E-state index contributed by atoms with van der Waals surface area (Å²) in [6.45, 7) is 0.589. The molecule has 22 heavy (non-hydrogen) atoms. The minimum Gasteiger partial charge on any atom is -0.352 e. The minimum atomic E-state index is 0.181. The van der Waals surface area contributed by atoms with E-state index in [9.17, 15) is 4.79 Å². The summed E-state index contributed by atoms with van der Waals surface area (Å²) in [7, 11) is 0. The SMILES string of the molecule is O=C(CC1CCCCC1)NCc1ccnc(-c2ccsc2)c1. The highest BCUT2D eigenvalue weighted by molar-refractivity contribution is 7.08. The zero-order chi connectivity index (χ0) is 15.2. The van der Waals surface area contributed by atoms with Gasteiger partial charge in [0, 0.05) is 30.1 Å². The van der Waals surface area contributed by atoms with Gasteiger partial charge in [0.15, 0.2) is 0 Å². The number of hydrogen-bond donors (Lipinski definition) is 1. The van der Waals surface area contributed by atoms with Gasteiger partial charge in [-0.05, 0) is 47.9 Å². The van der Waals surface area contributed by atoms with Gasteiger partial charge in [-0.1, -0.05) is 19.3 Å². The van der Waals surface area contributed by atoms with Crippen LogP contribution in [0.1, 0.15) is 44.1 Å². The van der Waals surface area contributed by atoms with Crippen LogP contribution in [0.5, 0.6) is 0 Å². The molecule has 0 unspecified atom stereocenters. The van der Waals surface area contributed by atoms with Gasteiger partial charge in [0.2, 0.25) is 5.91 Å². The van der Waals surface area contributed by atoms with Crippen molar-refractivity contribution in [1.29, 1.82) is 0 Å². The van der Waals surface area contributed by atoms with Crippen LogP contribution >= 0.6 is 11.3 Å². The molecular weight excluding hydrogens is 292 g/mol. The van der Waals surface area contributed by atoms with Crippen molar-refractivity contribution in [3.05, 3.63) is 40.7 Å². The molecule has 0 saturated heterocycles. The van der Waals surface area contributed by atoms with E-state index in [1.165, 1.54) is 32.1 Å². The monoisotopic (exact) mass is 314 g/mol. The lowest BCUT2D eigenvalue weighted by atomic mass is 9.87. The van der Waals surface area contributed by atoms with Crippen molar-refractivity contribution in [3.63, 3.8) is 0 Å². The fourth-order valence-corrected chi connectivity index (χ4v) is 3.73. The van der Waals surface area contributed by atoms with Gasteiger partial charge < -0.3 is 5.32 Å². The van der Waals surface area contributed by atoms with Gasteiger partial charge in [-0.25, -0.2) is 0 Å². The molecule has 0 spiro atoms. The molecule has 3 rings (SSSR count). The topological polar surface area (TPSA) is 42.0 Å². The number of carbonyl (C=O) groups is 1. The van der Waals surface area contributed by atoms with E-state index in [0.717, 1.165) is 16.8 Å². The molecule has 0 aliphatic heterocycles. The molecule has 1 aliphatic rings. The van der Waals surface area contributed by atoms with Crippen LogP contribution < -0.4 is 5.32 Å². The summed E-state index contributed by atoms with van der Waals surface area (Å²) in [5.41, 5.74) is 3.22. The molecule has 2 heterocycles. The number of thiophene rings is 1. The van der Waals surface area contributed by atoms with Gasteiger partial charge in [0.25, 0.3) is 0 Å². The molecule has 0 atom stereocenters. The molecule has 2 aromatic heterocycles. The van der Waals surface area contributed by atoms with E-state index in [0.29, 0.717) is 18.9 Å². The summed E-state index contributed by atoms with van der Waals surface area (Å²) in [5.74, 6) is 0.772. The summed E-state index contributed by atoms with van der Waals surface area (Å²) in [4.78, 5) is 16.5. The summed E-state index contributed by atoms with van der Waals surface area (Å²) in [6.07, 6.45) is 8.83. The molecule has 1 N–H and O–H groups in total. The van der Waals surface area contributed by atoms with Crippen molar-refractivity contribution in [1.82, 2.24) is 10.3 Å². The third kappa shape index (κ3) is 4.17. The van der Waals surface area contributed by atoms with Crippen molar-refractivity contribution < 1.29 is 4.79 Å². The van der Waals surface area contributed by atoms with Crippen molar-refractivity contribution >= 4 is 17.2 Å². The third-order valence-electron chi connectivity index (χ3n) is 4.33. The maximum Gasteiger partial charge on any atom is 0.220 e. The lowest BCUT2D eigenvalue weighted by Crippen LogP contribution is -2.25. The van der Waals surface area contributed by atoms with E-state index in [-0.39, 0.29) is 5.91 Å². The van der Waals surface area contributed by atoms with Gasteiger partial charge in [-0.2, -0.15) is 11.3 Å². The second-order valence-electron chi connectivity index (χ2n) is 6.05. The third-order valence-corrected chi connectivity index (χ3v) is 5.01. The largest absolute Gasteiger partial charge is 0.352 e. The number of nitrogens with one attached hydrogen (secondary N) is 1. The van der Waals surface area contributed by atoms with Crippen LogP contribution in [0.2, 0.25) is 0 Å². The molecule has 1 aliphatic carbocycles. The number of amides is 1. The van der Waals surface area contributed by atoms with Crippen LogP contribution in [-0.2, 0) is 11.3 Å². The van der Waals surface area contributed by atoms with Gasteiger partial charge in [-0.15, -0.1) is 0 Å². The number of rotatable bonds is 5. The molecule has 2 aromatic rings. The predicted octanol–water partition coefficient (Wildman–Crippen LogP) is 4.40. The molecule has 1 fully saturated rings. The first-order valence-electron chi connectivity index (χ1n) is 8.05. The summed E-state index contributed by atoms with van der Waals surface area (Å²) in [6, 6.07) is 6.10. The Morgan fingerprint density at radius 3 is 2.91 bits per heavy atom. The van der Waals surface area contributed by atoms with Crippen molar-refractivity contribution in [2.75, 3.05) is 0 Å². The molecule has 0 aromatic carbocycles. The average Bonchev–Trinajstić information content (AvgIpc) is 3.09. The second-order valence-corrected chi connectivity index (χ2v) is 6.83. The first-order valence-corrected chi connectivity index (χ1v) is 9.00. The Balaban J connectivity index is 1.52. The fourth-order valence-electron chi connectivity index (χ4n) is 3.08. The molecule has 1 saturated carbocycles. The lowest BCUT2D eigenvalue weighted by Gasteiger charge is -2.20. The van der Waals surface area contributed by atoms with Crippen LogP contribution in [0.15, 0.2) is 35.2 Å². The zero-order valence-corrected chi connectivity index (χ0v) is 13.6. The van der Waals surface area contributed by atoms with Crippen LogP contribution in [-0.4, -0.2) is 10.9 Å². The standard InChI is InChI=1S/C18H22N2OS/c21-18(11-14-4-2-1-3-5-14)20-12-15-6-8-19-17(10-15)16-7-9-22-13-16/h6-10,13-14H,1-5,11-12H2,(H,20,21). The Morgan fingerprint density at radius 1 is 1.27 bits per heavy atom. The summed E-state index contributed by atoms with van der Waals surface area (Å²) in [5, 5.41) is 7.20. The molecule has 4 heteroatoms. The van der Waals surface area contributed by atoms with Gasteiger partial charge >= 0.3 is 0 Å². The Kier molecular flexibility index (Phi) is 5.22. The number of aromatic nitrogens is 1. The predicted molar refractivity (Wildman–Crippen MR) is 90.6 cm³/mol. The maximum absolute atomic E-state index is 12.1. The summed E-state index contributed by atoms with van der Waals surface area (Å²) < 4.78 is 0. The van der Waals surface area contributed by atoms with Crippen LogP contribution in [0.25, 0.3) is 11.3 Å². The molecule has 116 valence electrons. The molecule has 0 radical (unpaired) electrons. The molecular formula is C18H22N2OS. The Morgan fingerprint density at radius 2 is 2.14 bits per heavy atom. The average molecular weight is 314 g/mol. The highest BCUT2D eigenvalue weighted by Crippen LogP contribution is 2.26. The zero-order valence-electron chi connectivity index (χ0n) is 12.8. The van der Waals surface area contributed by atoms with E-state index in [1.54, 1.807) is 11.3 Å².